The standard InChI is InChI=1S/C12H9N3O5/c13-11(7-10-5-6-12(20-10)15(18)19)8-1-3-9(4-2-8)14(16)17/h1-7H,13H2/b11-7-. The summed E-state index contributed by atoms with van der Waals surface area (Å²) in [6.45, 7) is 0. The lowest BCUT2D eigenvalue weighted by molar-refractivity contribution is -0.402. The van der Waals surface area contributed by atoms with Crippen LogP contribution in [-0.2, 0) is 0 Å². The van der Waals surface area contributed by atoms with Crippen LogP contribution in [-0.4, -0.2) is 9.85 Å². The Morgan fingerprint density at radius 3 is 2.20 bits per heavy atom. The number of furan rings is 1. The number of nitro benzene ring substituents is 1. The van der Waals surface area contributed by atoms with Crippen molar-refractivity contribution >= 4 is 23.3 Å². The van der Waals surface area contributed by atoms with E-state index in [1.54, 1.807) is 0 Å². The number of nitrogens with two attached hydrogens (primary N) is 1. The van der Waals surface area contributed by atoms with E-state index in [0.717, 1.165) is 0 Å². The Kier molecular flexibility index (Phi) is 3.47. The van der Waals surface area contributed by atoms with Gasteiger partial charge in [0, 0.05) is 23.9 Å². The summed E-state index contributed by atoms with van der Waals surface area (Å²) in [5.74, 6) is -0.152. The third-order valence-corrected chi connectivity index (χ3v) is 2.50. The van der Waals surface area contributed by atoms with Gasteiger partial charge in [0.25, 0.3) is 5.69 Å². The normalized spacial score (nSPS) is 11.3. The van der Waals surface area contributed by atoms with E-state index in [9.17, 15) is 20.2 Å². The maximum Gasteiger partial charge on any atom is 0.433 e. The zero-order chi connectivity index (χ0) is 14.7. The highest BCUT2D eigenvalue weighted by Gasteiger charge is 2.11. The average Bonchev–Trinajstić information content (AvgIpc) is 2.87. The third kappa shape index (κ3) is 2.80. The predicted molar refractivity (Wildman–Crippen MR) is 70.5 cm³/mol. The quantitative estimate of drug-likeness (QED) is 0.674. The first-order valence-electron chi connectivity index (χ1n) is 5.43. The summed E-state index contributed by atoms with van der Waals surface area (Å²) in [5, 5.41) is 21.0. The van der Waals surface area contributed by atoms with Crippen molar-refractivity contribution in [3.63, 3.8) is 0 Å². The number of hydrogen-bond acceptors (Lipinski definition) is 6. The van der Waals surface area contributed by atoms with Crippen molar-refractivity contribution < 1.29 is 14.3 Å². The van der Waals surface area contributed by atoms with Gasteiger partial charge in [0.15, 0.2) is 0 Å². The van der Waals surface area contributed by atoms with Crippen LogP contribution in [0.3, 0.4) is 0 Å². The lowest BCUT2D eigenvalue weighted by Crippen LogP contribution is -1.96. The minimum absolute atomic E-state index is 0.0461. The van der Waals surface area contributed by atoms with E-state index >= 15 is 0 Å². The Hall–Kier alpha value is -3.16. The van der Waals surface area contributed by atoms with Crippen LogP contribution in [0, 0.1) is 20.2 Å². The average molecular weight is 275 g/mol. The summed E-state index contributed by atoms with van der Waals surface area (Å²) in [6.07, 6.45) is 1.41. The molecule has 0 fully saturated rings. The Labute approximate surface area is 112 Å². The van der Waals surface area contributed by atoms with Crippen LogP contribution < -0.4 is 5.73 Å². The van der Waals surface area contributed by atoms with Crippen molar-refractivity contribution in [2.24, 2.45) is 5.73 Å². The third-order valence-electron chi connectivity index (χ3n) is 2.50. The fourth-order valence-electron chi connectivity index (χ4n) is 1.53. The van der Waals surface area contributed by atoms with Crippen LogP contribution >= 0.6 is 0 Å². The fourth-order valence-corrected chi connectivity index (χ4v) is 1.53. The molecule has 0 unspecified atom stereocenters. The Morgan fingerprint density at radius 1 is 1.05 bits per heavy atom. The first-order valence-corrected chi connectivity index (χ1v) is 5.43. The van der Waals surface area contributed by atoms with E-state index in [1.165, 1.54) is 42.5 Å². The van der Waals surface area contributed by atoms with E-state index in [1.807, 2.05) is 0 Å². The van der Waals surface area contributed by atoms with Crippen molar-refractivity contribution in [2.45, 2.75) is 0 Å². The van der Waals surface area contributed by atoms with Crippen LogP contribution in [0.5, 0.6) is 0 Å². The van der Waals surface area contributed by atoms with Crippen molar-refractivity contribution in [1.82, 2.24) is 0 Å². The lowest BCUT2D eigenvalue weighted by Gasteiger charge is -2.00. The molecule has 0 aliphatic carbocycles. The van der Waals surface area contributed by atoms with Gasteiger partial charge in [-0.05, 0) is 23.8 Å². The molecular weight excluding hydrogens is 266 g/mol. The molecule has 2 rings (SSSR count). The highest BCUT2D eigenvalue weighted by Crippen LogP contribution is 2.21. The van der Waals surface area contributed by atoms with Gasteiger partial charge >= 0.3 is 5.88 Å². The van der Waals surface area contributed by atoms with Gasteiger partial charge in [-0.3, -0.25) is 20.2 Å². The molecule has 0 amide bonds. The molecule has 8 heteroatoms. The largest absolute Gasteiger partial charge is 0.433 e. The zero-order valence-electron chi connectivity index (χ0n) is 10.1. The molecule has 102 valence electrons. The summed E-state index contributed by atoms with van der Waals surface area (Å²) in [5.41, 5.74) is 6.59. The highest BCUT2D eigenvalue weighted by atomic mass is 16.6. The smallest absolute Gasteiger partial charge is 0.401 e. The van der Waals surface area contributed by atoms with Gasteiger partial charge in [0.1, 0.15) is 10.7 Å². The molecule has 0 radical (unpaired) electrons. The minimum atomic E-state index is -0.653. The molecule has 0 spiro atoms. The number of benzene rings is 1. The second-order valence-electron chi connectivity index (χ2n) is 3.84. The van der Waals surface area contributed by atoms with Crippen molar-refractivity contribution in [2.75, 3.05) is 0 Å². The van der Waals surface area contributed by atoms with E-state index in [-0.39, 0.29) is 23.0 Å². The van der Waals surface area contributed by atoms with Crippen molar-refractivity contribution in [3.8, 4) is 0 Å². The van der Waals surface area contributed by atoms with Crippen LogP contribution in [0.15, 0.2) is 40.8 Å². The molecular formula is C12H9N3O5. The van der Waals surface area contributed by atoms with E-state index < -0.39 is 9.85 Å². The summed E-state index contributed by atoms with van der Waals surface area (Å²) in [7, 11) is 0. The molecule has 0 bridgehead atoms. The van der Waals surface area contributed by atoms with Crippen LogP contribution in [0.2, 0.25) is 0 Å². The molecule has 0 aliphatic rings. The van der Waals surface area contributed by atoms with Crippen LogP contribution in [0.25, 0.3) is 11.8 Å². The van der Waals surface area contributed by atoms with Crippen LogP contribution in [0.4, 0.5) is 11.6 Å². The first-order chi connectivity index (χ1) is 9.47. The van der Waals surface area contributed by atoms with E-state index in [0.29, 0.717) is 5.56 Å². The SMILES string of the molecule is N/C(=C\c1ccc([N+](=O)[O-])o1)c1ccc([N+](=O)[O-])cc1. The second-order valence-corrected chi connectivity index (χ2v) is 3.84. The molecule has 2 N–H and O–H groups in total. The molecule has 1 aromatic carbocycles. The van der Waals surface area contributed by atoms with Crippen molar-refractivity contribution in [3.05, 3.63) is 68.0 Å². The maximum absolute atomic E-state index is 10.5. The number of rotatable bonds is 4. The Bertz CT molecular complexity index is 687. The number of nitrogens with zero attached hydrogens (tertiary/aromatic N) is 2. The van der Waals surface area contributed by atoms with Crippen molar-refractivity contribution in [1.29, 1.82) is 0 Å². The summed E-state index contributed by atoms with van der Waals surface area (Å²) < 4.78 is 4.94. The topological polar surface area (TPSA) is 125 Å². The minimum Gasteiger partial charge on any atom is -0.401 e. The van der Waals surface area contributed by atoms with E-state index in [4.69, 9.17) is 10.2 Å². The predicted octanol–water partition coefficient (Wildman–Crippen LogP) is 2.55. The maximum atomic E-state index is 10.5. The first kappa shape index (κ1) is 13.3. The second kappa shape index (κ2) is 5.22. The Balaban J connectivity index is 2.24. The zero-order valence-corrected chi connectivity index (χ0v) is 10.1. The Morgan fingerprint density at radius 2 is 1.70 bits per heavy atom. The summed E-state index contributed by atoms with van der Waals surface area (Å²) in [6, 6.07) is 8.25. The van der Waals surface area contributed by atoms with Gasteiger partial charge in [-0.15, -0.1) is 0 Å². The molecule has 0 saturated heterocycles. The lowest BCUT2D eigenvalue weighted by atomic mass is 10.1. The molecule has 0 saturated carbocycles. The monoisotopic (exact) mass is 275 g/mol. The number of hydrogen-bond donors (Lipinski definition) is 1. The number of non-ortho nitro benzene ring substituents is 1. The molecule has 1 heterocycles. The molecule has 1 aromatic heterocycles. The molecule has 0 atom stereocenters. The molecule has 2 aromatic rings. The van der Waals surface area contributed by atoms with Gasteiger partial charge in [-0.2, -0.15) is 0 Å². The highest BCUT2D eigenvalue weighted by molar-refractivity contribution is 5.78. The summed E-state index contributed by atoms with van der Waals surface area (Å²) >= 11 is 0. The van der Waals surface area contributed by atoms with Gasteiger partial charge < -0.3 is 10.2 Å². The fraction of sp³-hybridized carbons (Fsp3) is 0. The van der Waals surface area contributed by atoms with Gasteiger partial charge in [-0.1, -0.05) is 0 Å². The molecule has 8 nitrogen and oxygen atoms in total. The van der Waals surface area contributed by atoms with Gasteiger partial charge in [0.2, 0.25) is 0 Å². The van der Waals surface area contributed by atoms with Crippen LogP contribution in [0.1, 0.15) is 11.3 Å². The van der Waals surface area contributed by atoms with E-state index in [2.05, 4.69) is 0 Å². The number of nitro groups is 2. The molecule has 0 aliphatic heterocycles. The molecule has 20 heavy (non-hydrogen) atoms. The van der Waals surface area contributed by atoms with Gasteiger partial charge in [-0.25, -0.2) is 0 Å². The summed E-state index contributed by atoms with van der Waals surface area (Å²) in [4.78, 5) is 19.8. The van der Waals surface area contributed by atoms with Gasteiger partial charge in [0.05, 0.1) is 11.0 Å².